The van der Waals surface area contributed by atoms with Crippen LogP contribution in [0.25, 0.3) is 21.3 Å². The number of anilines is 1. The summed E-state index contributed by atoms with van der Waals surface area (Å²) < 4.78 is 15.6. The van der Waals surface area contributed by atoms with Crippen LogP contribution in [0.1, 0.15) is 46.1 Å². The van der Waals surface area contributed by atoms with Gasteiger partial charge in [0.2, 0.25) is 0 Å². The number of carbonyl (C=O) groups excluding carboxylic acids is 2. The number of hydrogen-bond acceptors (Lipinski definition) is 5. The van der Waals surface area contributed by atoms with Crippen molar-refractivity contribution in [1.82, 2.24) is 15.1 Å². The zero-order valence-corrected chi connectivity index (χ0v) is 21.7. The van der Waals surface area contributed by atoms with E-state index in [0.29, 0.717) is 21.8 Å². The van der Waals surface area contributed by atoms with Crippen molar-refractivity contribution in [2.45, 2.75) is 31.7 Å². The number of aromatic hydroxyl groups is 1. The maximum Gasteiger partial charge on any atom is 0.342 e. The Morgan fingerprint density at radius 1 is 1.03 bits per heavy atom. The summed E-state index contributed by atoms with van der Waals surface area (Å²) in [7, 11) is 0. The third-order valence-corrected chi connectivity index (χ3v) is 8.11. The molecular formula is C30H25FN4O3S. The van der Waals surface area contributed by atoms with Gasteiger partial charge in [-0.2, -0.15) is 9.78 Å². The molecule has 6 rings (SSSR count). The molecule has 1 fully saturated rings. The Morgan fingerprint density at radius 3 is 2.54 bits per heavy atom. The second kappa shape index (κ2) is 10.3. The third-order valence-electron chi connectivity index (χ3n) is 6.99. The van der Waals surface area contributed by atoms with Crippen LogP contribution in [0.15, 0.2) is 78.9 Å². The number of phenolic OH excluding ortho intramolecular Hbond substituents is 1. The van der Waals surface area contributed by atoms with E-state index in [1.165, 1.54) is 34.2 Å². The van der Waals surface area contributed by atoms with Crippen molar-refractivity contribution in [3.63, 3.8) is 0 Å². The number of halogens is 1. The second-order valence-electron chi connectivity index (χ2n) is 9.61. The molecule has 3 N–H and O–H groups in total. The number of amides is 2. The van der Waals surface area contributed by atoms with E-state index in [2.05, 4.69) is 15.7 Å². The molecule has 0 spiro atoms. The summed E-state index contributed by atoms with van der Waals surface area (Å²) in [5.41, 5.74) is 2.94. The smallest absolute Gasteiger partial charge is 0.342 e. The van der Waals surface area contributed by atoms with Gasteiger partial charge in [-0.05, 0) is 66.3 Å². The predicted octanol–water partition coefficient (Wildman–Crippen LogP) is 6.89. The minimum atomic E-state index is -0.390. The predicted molar refractivity (Wildman–Crippen MR) is 150 cm³/mol. The van der Waals surface area contributed by atoms with Crippen LogP contribution in [0, 0.1) is 5.82 Å². The van der Waals surface area contributed by atoms with E-state index >= 15 is 0 Å². The van der Waals surface area contributed by atoms with Gasteiger partial charge in [0.05, 0.1) is 16.3 Å². The van der Waals surface area contributed by atoms with Gasteiger partial charge < -0.3 is 15.7 Å². The standard InChI is InChI=1S/C30H25FN4O3S/c31-21-10-8-18(9-11-21)17-32-30(38)35-25(19-5-3-6-19)16-24(34-35)23-13-12-22(15-26(23)36)33-29(37)28-14-20-4-1-2-7-27(20)39-28/h1-2,4,7-16,19,36H,3,5-6,17H2,(H,32,38)(H,33,37). The lowest BCUT2D eigenvalue weighted by molar-refractivity contribution is 0.103. The Kier molecular flexibility index (Phi) is 6.58. The molecule has 2 amide bonds. The summed E-state index contributed by atoms with van der Waals surface area (Å²) in [6.07, 6.45) is 3.01. The molecule has 0 atom stereocenters. The minimum absolute atomic E-state index is 0.0549. The number of phenols is 1. The molecule has 1 saturated carbocycles. The number of rotatable bonds is 6. The zero-order valence-electron chi connectivity index (χ0n) is 20.9. The van der Waals surface area contributed by atoms with Gasteiger partial charge in [-0.1, -0.05) is 36.8 Å². The number of thiophene rings is 1. The third kappa shape index (κ3) is 5.13. The highest BCUT2D eigenvalue weighted by Gasteiger charge is 2.27. The fourth-order valence-electron chi connectivity index (χ4n) is 4.65. The van der Waals surface area contributed by atoms with E-state index in [0.717, 1.165) is 40.6 Å². The molecule has 3 aromatic carbocycles. The summed E-state index contributed by atoms with van der Waals surface area (Å²) in [4.78, 5) is 26.4. The fourth-order valence-corrected chi connectivity index (χ4v) is 5.61. The lowest BCUT2D eigenvalue weighted by Gasteiger charge is -2.25. The van der Waals surface area contributed by atoms with Crippen LogP contribution in [-0.4, -0.2) is 26.8 Å². The molecular weight excluding hydrogens is 515 g/mol. The van der Waals surface area contributed by atoms with Crippen molar-refractivity contribution in [2.75, 3.05) is 5.32 Å². The summed E-state index contributed by atoms with van der Waals surface area (Å²) >= 11 is 1.41. The van der Waals surface area contributed by atoms with Gasteiger partial charge in [0.25, 0.3) is 5.91 Å². The first-order chi connectivity index (χ1) is 18.9. The average molecular weight is 541 g/mol. The average Bonchev–Trinajstić information content (AvgIpc) is 3.52. The molecule has 196 valence electrons. The second-order valence-corrected chi connectivity index (χ2v) is 10.7. The van der Waals surface area contributed by atoms with E-state index in [-0.39, 0.29) is 36.0 Å². The summed E-state index contributed by atoms with van der Waals surface area (Å²) in [5.74, 6) is -0.428. The zero-order chi connectivity index (χ0) is 26.9. The molecule has 2 aromatic heterocycles. The van der Waals surface area contributed by atoms with E-state index in [1.807, 2.05) is 36.4 Å². The number of aromatic nitrogens is 2. The Bertz CT molecular complexity index is 1660. The maximum atomic E-state index is 13.2. The van der Waals surface area contributed by atoms with Crippen LogP contribution in [-0.2, 0) is 6.54 Å². The summed E-state index contributed by atoms with van der Waals surface area (Å²) in [6, 6.07) is 21.9. The molecule has 39 heavy (non-hydrogen) atoms. The normalized spacial score (nSPS) is 13.3. The van der Waals surface area contributed by atoms with Gasteiger partial charge in [-0.3, -0.25) is 4.79 Å². The molecule has 5 aromatic rings. The molecule has 0 aliphatic heterocycles. The van der Waals surface area contributed by atoms with Crippen molar-refractivity contribution in [2.24, 2.45) is 0 Å². The molecule has 1 aliphatic carbocycles. The van der Waals surface area contributed by atoms with Crippen LogP contribution in [0.2, 0.25) is 0 Å². The summed E-state index contributed by atoms with van der Waals surface area (Å²) in [5, 5.41) is 22.1. The van der Waals surface area contributed by atoms with Crippen molar-refractivity contribution >= 4 is 39.0 Å². The van der Waals surface area contributed by atoms with Crippen molar-refractivity contribution in [3.8, 4) is 17.0 Å². The van der Waals surface area contributed by atoms with Crippen molar-refractivity contribution in [1.29, 1.82) is 0 Å². The Balaban J connectivity index is 1.21. The van der Waals surface area contributed by atoms with Gasteiger partial charge >= 0.3 is 6.03 Å². The van der Waals surface area contributed by atoms with E-state index in [4.69, 9.17) is 0 Å². The molecule has 7 nitrogen and oxygen atoms in total. The number of hydrogen-bond donors (Lipinski definition) is 3. The van der Waals surface area contributed by atoms with Crippen molar-refractivity contribution in [3.05, 3.63) is 101 Å². The first kappa shape index (κ1) is 24.8. The molecule has 0 radical (unpaired) electrons. The van der Waals surface area contributed by atoms with Gasteiger partial charge in [0.1, 0.15) is 11.6 Å². The molecule has 1 aliphatic rings. The first-order valence-corrected chi connectivity index (χ1v) is 13.5. The molecule has 0 unspecified atom stereocenters. The first-order valence-electron chi connectivity index (χ1n) is 12.7. The van der Waals surface area contributed by atoms with Crippen LogP contribution in [0.5, 0.6) is 5.75 Å². The number of benzene rings is 3. The van der Waals surface area contributed by atoms with Gasteiger partial charge in [-0.25, -0.2) is 9.18 Å². The number of fused-ring (bicyclic) bond motifs is 1. The highest BCUT2D eigenvalue weighted by molar-refractivity contribution is 7.20. The van der Waals surface area contributed by atoms with Crippen molar-refractivity contribution < 1.29 is 19.1 Å². The number of nitrogens with zero attached hydrogens (tertiary/aromatic N) is 2. The lowest BCUT2D eigenvalue weighted by atomic mass is 9.82. The highest BCUT2D eigenvalue weighted by atomic mass is 32.1. The van der Waals surface area contributed by atoms with Gasteiger partial charge in [-0.15, -0.1) is 11.3 Å². The van der Waals surface area contributed by atoms with Crippen LogP contribution in [0.4, 0.5) is 14.9 Å². The largest absolute Gasteiger partial charge is 0.507 e. The van der Waals surface area contributed by atoms with Crippen LogP contribution < -0.4 is 10.6 Å². The molecule has 0 saturated heterocycles. The lowest BCUT2D eigenvalue weighted by Crippen LogP contribution is -2.31. The minimum Gasteiger partial charge on any atom is -0.507 e. The van der Waals surface area contributed by atoms with Crippen LogP contribution >= 0.6 is 11.3 Å². The number of nitrogens with one attached hydrogen (secondary N) is 2. The monoisotopic (exact) mass is 540 g/mol. The molecule has 9 heteroatoms. The Labute approximate surface area is 227 Å². The Hall–Kier alpha value is -4.50. The SMILES string of the molecule is O=C(Nc1ccc(-c2cc(C3CCC3)n(C(=O)NCc3ccc(F)cc3)n2)c(O)c1)c1cc2ccccc2s1. The fraction of sp³-hybridized carbons (Fsp3) is 0.167. The van der Waals surface area contributed by atoms with Gasteiger partial charge in [0.15, 0.2) is 0 Å². The quantitative estimate of drug-likeness (QED) is 0.219. The van der Waals surface area contributed by atoms with E-state index < -0.39 is 0 Å². The van der Waals surface area contributed by atoms with E-state index in [9.17, 15) is 19.1 Å². The van der Waals surface area contributed by atoms with Crippen LogP contribution in [0.3, 0.4) is 0 Å². The number of carbonyl (C=O) groups is 2. The molecule has 0 bridgehead atoms. The maximum absolute atomic E-state index is 13.2. The molecule has 2 heterocycles. The summed E-state index contributed by atoms with van der Waals surface area (Å²) in [6.45, 7) is 0.234. The topological polar surface area (TPSA) is 96.3 Å². The van der Waals surface area contributed by atoms with Gasteiger partial charge in [0, 0.05) is 34.5 Å². The van der Waals surface area contributed by atoms with E-state index in [1.54, 1.807) is 24.3 Å². The highest BCUT2D eigenvalue weighted by Crippen LogP contribution is 2.39. The Morgan fingerprint density at radius 2 is 1.82 bits per heavy atom.